The minimum absolute atomic E-state index is 0.195. The van der Waals surface area contributed by atoms with E-state index in [0.29, 0.717) is 30.1 Å². The summed E-state index contributed by atoms with van der Waals surface area (Å²) >= 11 is 0. The average Bonchev–Trinajstić information content (AvgIpc) is 3.10. The summed E-state index contributed by atoms with van der Waals surface area (Å²) in [6, 6.07) is 7.76. The van der Waals surface area contributed by atoms with Gasteiger partial charge in [-0.15, -0.1) is 0 Å². The van der Waals surface area contributed by atoms with E-state index in [-0.39, 0.29) is 5.78 Å². The van der Waals surface area contributed by atoms with Crippen molar-refractivity contribution in [2.24, 2.45) is 5.92 Å². The van der Waals surface area contributed by atoms with E-state index < -0.39 is 0 Å². The van der Waals surface area contributed by atoms with Crippen LogP contribution >= 0.6 is 0 Å². The van der Waals surface area contributed by atoms with Crippen LogP contribution in [0.1, 0.15) is 60.3 Å². The van der Waals surface area contributed by atoms with Crippen molar-refractivity contribution >= 4 is 16.8 Å². The number of carbonyl (C=O) groups excluding carboxylic acids is 1. The minimum atomic E-state index is 0.195. The lowest BCUT2D eigenvalue weighted by Gasteiger charge is -2.21. The molecule has 5 heteroatoms. The van der Waals surface area contributed by atoms with Crippen LogP contribution in [-0.4, -0.2) is 27.8 Å². The number of ketones is 1. The summed E-state index contributed by atoms with van der Waals surface area (Å²) in [7, 11) is 1.63. The number of pyridine rings is 1. The molecule has 1 aromatic carbocycles. The standard InChI is InChI=1S/C22H25N3O2/c1-27-21-12-16(13-22-24-18-9-10-23-14-19(18)25-22)7-8-17(21)20(26)11-15-5-3-2-4-6-15/h7-10,12,14-15H,2-6,11,13H2,1H3,(H,24,25). The Hall–Kier alpha value is -2.69. The predicted molar refractivity (Wildman–Crippen MR) is 105 cm³/mol. The smallest absolute Gasteiger partial charge is 0.166 e. The first-order chi connectivity index (χ1) is 13.2. The highest BCUT2D eigenvalue weighted by atomic mass is 16.5. The van der Waals surface area contributed by atoms with E-state index in [1.807, 2.05) is 24.3 Å². The fraction of sp³-hybridized carbons (Fsp3) is 0.409. The van der Waals surface area contributed by atoms with Gasteiger partial charge in [-0.2, -0.15) is 0 Å². The summed E-state index contributed by atoms with van der Waals surface area (Å²) in [5.41, 5.74) is 3.60. The minimum Gasteiger partial charge on any atom is -0.496 e. The highest BCUT2D eigenvalue weighted by Crippen LogP contribution is 2.30. The van der Waals surface area contributed by atoms with Gasteiger partial charge in [0, 0.05) is 19.0 Å². The second-order valence-corrected chi connectivity index (χ2v) is 7.42. The Labute approximate surface area is 159 Å². The number of nitrogens with one attached hydrogen (secondary N) is 1. The maximum Gasteiger partial charge on any atom is 0.166 e. The van der Waals surface area contributed by atoms with Gasteiger partial charge in [0.05, 0.1) is 29.9 Å². The number of nitrogens with zero attached hydrogens (tertiary/aromatic N) is 2. The molecule has 3 aromatic rings. The third-order valence-corrected chi connectivity index (χ3v) is 5.47. The third-order valence-electron chi connectivity index (χ3n) is 5.47. The zero-order valence-electron chi connectivity index (χ0n) is 15.7. The number of Topliss-reactive ketones (excluding diaryl/α,β-unsaturated/α-hetero) is 1. The van der Waals surface area contributed by atoms with E-state index in [1.165, 1.54) is 32.1 Å². The molecule has 0 aliphatic heterocycles. The molecular weight excluding hydrogens is 338 g/mol. The number of ether oxygens (including phenoxy) is 1. The molecule has 0 radical (unpaired) electrons. The van der Waals surface area contributed by atoms with Crippen molar-refractivity contribution in [1.82, 2.24) is 15.0 Å². The number of methoxy groups -OCH3 is 1. The van der Waals surface area contributed by atoms with Crippen LogP contribution < -0.4 is 4.74 Å². The molecule has 0 saturated heterocycles. The van der Waals surface area contributed by atoms with E-state index in [9.17, 15) is 4.79 Å². The Morgan fingerprint density at radius 2 is 2.07 bits per heavy atom. The van der Waals surface area contributed by atoms with Gasteiger partial charge in [0.1, 0.15) is 11.6 Å². The van der Waals surface area contributed by atoms with Crippen molar-refractivity contribution in [2.75, 3.05) is 7.11 Å². The zero-order valence-corrected chi connectivity index (χ0v) is 15.7. The molecule has 0 unspecified atom stereocenters. The summed E-state index contributed by atoms with van der Waals surface area (Å²) in [6.45, 7) is 0. The van der Waals surface area contributed by atoms with Crippen molar-refractivity contribution in [3.05, 3.63) is 53.6 Å². The van der Waals surface area contributed by atoms with Crippen molar-refractivity contribution in [1.29, 1.82) is 0 Å². The largest absolute Gasteiger partial charge is 0.496 e. The second-order valence-electron chi connectivity index (χ2n) is 7.42. The Morgan fingerprint density at radius 1 is 1.22 bits per heavy atom. The molecular formula is C22H25N3O2. The van der Waals surface area contributed by atoms with Gasteiger partial charge in [0.2, 0.25) is 0 Å². The maximum atomic E-state index is 12.8. The first-order valence-corrected chi connectivity index (χ1v) is 9.71. The van der Waals surface area contributed by atoms with E-state index >= 15 is 0 Å². The first kappa shape index (κ1) is 17.7. The number of carbonyl (C=O) groups is 1. The lowest BCUT2D eigenvalue weighted by atomic mass is 9.84. The van der Waals surface area contributed by atoms with Gasteiger partial charge in [-0.3, -0.25) is 9.78 Å². The summed E-state index contributed by atoms with van der Waals surface area (Å²) in [5.74, 6) is 2.26. The van der Waals surface area contributed by atoms with Crippen LogP contribution in [0.25, 0.3) is 11.0 Å². The number of aromatic nitrogens is 3. The Morgan fingerprint density at radius 3 is 2.85 bits per heavy atom. The number of aromatic amines is 1. The quantitative estimate of drug-likeness (QED) is 0.644. The molecule has 5 nitrogen and oxygen atoms in total. The Bertz CT molecular complexity index is 909. The summed E-state index contributed by atoms with van der Waals surface area (Å²) < 4.78 is 5.53. The third kappa shape index (κ3) is 4.02. The number of rotatable bonds is 6. The summed E-state index contributed by atoms with van der Waals surface area (Å²) in [4.78, 5) is 24.8. The van der Waals surface area contributed by atoms with Gasteiger partial charge in [0.15, 0.2) is 5.78 Å². The van der Waals surface area contributed by atoms with E-state index in [4.69, 9.17) is 4.74 Å². The lowest BCUT2D eigenvalue weighted by molar-refractivity contribution is 0.0947. The fourth-order valence-corrected chi connectivity index (χ4v) is 4.03. The number of hydrogen-bond acceptors (Lipinski definition) is 4. The maximum absolute atomic E-state index is 12.8. The molecule has 1 saturated carbocycles. The average molecular weight is 363 g/mol. The van der Waals surface area contributed by atoms with Gasteiger partial charge in [-0.1, -0.05) is 38.2 Å². The van der Waals surface area contributed by atoms with Crippen LogP contribution in [0, 0.1) is 5.92 Å². The summed E-state index contributed by atoms with van der Waals surface area (Å²) in [6.07, 6.45) is 11.0. The molecule has 140 valence electrons. The Kier molecular flexibility index (Phi) is 5.19. The monoisotopic (exact) mass is 363 g/mol. The molecule has 2 heterocycles. The SMILES string of the molecule is COc1cc(Cc2nc3ccncc3[nH]2)ccc1C(=O)CC1CCCCC1. The molecule has 0 atom stereocenters. The van der Waals surface area contributed by atoms with Crippen LogP contribution in [0.5, 0.6) is 5.75 Å². The van der Waals surface area contributed by atoms with Crippen molar-refractivity contribution in [3.8, 4) is 5.75 Å². The Balaban J connectivity index is 1.50. The van der Waals surface area contributed by atoms with Gasteiger partial charge < -0.3 is 9.72 Å². The molecule has 1 aliphatic carbocycles. The van der Waals surface area contributed by atoms with Crippen molar-refractivity contribution in [3.63, 3.8) is 0 Å². The predicted octanol–water partition coefficient (Wildman–Crippen LogP) is 4.71. The lowest BCUT2D eigenvalue weighted by Crippen LogP contribution is -2.13. The van der Waals surface area contributed by atoms with Gasteiger partial charge in [0.25, 0.3) is 0 Å². The number of benzene rings is 1. The van der Waals surface area contributed by atoms with Gasteiger partial charge in [-0.05, 0) is 29.7 Å². The van der Waals surface area contributed by atoms with E-state index in [2.05, 4.69) is 15.0 Å². The molecule has 0 spiro atoms. The second kappa shape index (κ2) is 7.91. The normalized spacial score (nSPS) is 15.1. The molecule has 0 amide bonds. The molecule has 1 fully saturated rings. The molecule has 0 bridgehead atoms. The van der Waals surface area contributed by atoms with Crippen LogP contribution in [-0.2, 0) is 6.42 Å². The fourth-order valence-electron chi connectivity index (χ4n) is 4.03. The molecule has 4 rings (SSSR count). The summed E-state index contributed by atoms with van der Waals surface area (Å²) in [5, 5.41) is 0. The zero-order chi connectivity index (χ0) is 18.6. The van der Waals surface area contributed by atoms with Crippen molar-refractivity contribution in [2.45, 2.75) is 44.9 Å². The van der Waals surface area contributed by atoms with E-state index in [0.717, 1.165) is 22.4 Å². The van der Waals surface area contributed by atoms with Gasteiger partial charge in [-0.25, -0.2) is 4.98 Å². The van der Waals surface area contributed by atoms with Gasteiger partial charge >= 0.3 is 0 Å². The molecule has 2 aromatic heterocycles. The number of H-pyrrole nitrogens is 1. The topological polar surface area (TPSA) is 67.9 Å². The number of hydrogen-bond donors (Lipinski definition) is 1. The first-order valence-electron chi connectivity index (χ1n) is 9.71. The molecule has 27 heavy (non-hydrogen) atoms. The number of fused-ring (bicyclic) bond motifs is 1. The van der Waals surface area contributed by atoms with Crippen LogP contribution in [0.4, 0.5) is 0 Å². The van der Waals surface area contributed by atoms with Crippen LogP contribution in [0.2, 0.25) is 0 Å². The molecule has 1 aliphatic rings. The highest BCUT2D eigenvalue weighted by Gasteiger charge is 2.20. The van der Waals surface area contributed by atoms with E-state index in [1.54, 1.807) is 19.5 Å². The van der Waals surface area contributed by atoms with Crippen LogP contribution in [0.3, 0.4) is 0 Å². The molecule has 1 N–H and O–H groups in total. The van der Waals surface area contributed by atoms with Crippen LogP contribution in [0.15, 0.2) is 36.7 Å². The number of imidazole rings is 1. The highest BCUT2D eigenvalue weighted by molar-refractivity contribution is 5.98. The van der Waals surface area contributed by atoms with Crippen molar-refractivity contribution < 1.29 is 9.53 Å².